The Morgan fingerprint density at radius 1 is 1.36 bits per heavy atom. The Hall–Kier alpha value is -1.50. The summed E-state index contributed by atoms with van der Waals surface area (Å²) in [7, 11) is 1.50. The molecule has 0 aliphatic carbocycles. The van der Waals surface area contributed by atoms with Crippen LogP contribution in [0.25, 0.3) is 0 Å². The molecule has 0 aromatic heterocycles. The largest absolute Gasteiger partial charge is 0.467 e. The highest BCUT2D eigenvalue weighted by Crippen LogP contribution is 2.29. The number of amides is 1. The molecule has 7 heteroatoms. The summed E-state index contributed by atoms with van der Waals surface area (Å²) < 4.78 is 10.2. The van der Waals surface area contributed by atoms with Crippen molar-refractivity contribution in [3.05, 3.63) is 22.7 Å². The minimum absolute atomic E-state index is 0.0286. The Labute approximate surface area is 136 Å². The minimum Gasteiger partial charge on any atom is -0.467 e. The molecule has 0 bridgehead atoms. The highest BCUT2D eigenvalue weighted by molar-refractivity contribution is 6.33. The third-order valence-electron chi connectivity index (χ3n) is 3.28. The number of nitrogens with zero attached hydrogens (tertiary/aromatic N) is 1. The molecule has 0 fully saturated rings. The van der Waals surface area contributed by atoms with E-state index in [1.54, 1.807) is 0 Å². The van der Waals surface area contributed by atoms with Crippen molar-refractivity contribution in [2.75, 3.05) is 45.8 Å². The number of methoxy groups -OCH3 is 1. The lowest BCUT2D eigenvalue weighted by Gasteiger charge is -2.18. The van der Waals surface area contributed by atoms with Gasteiger partial charge in [0.25, 0.3) is 5.91 Å². The van der Waals surface area contributed by atoms with E-state index in [0.717, 1.165) is 19.6 Å². The Bertz CT molecular complexity index is 493. The summed E-state index contributed by atoms with van der Waals surface area (Å²) in [5.74, 6) is 0.101. The van der Waals surface area contributed by atoms with Crippen LogP contribution in [0.5, 0.6) is 5.75 Å². The highest BCUT2D eigenvalue weighted by atomic mass is 35.5. The highest BCUT2D eigenvalue weighted by Gasteiger charge is 2.15. The van der Waals surface area contributed by atoms with Crippen LogP contribution in [0.4, 0.5) is 5.69 Å². The van der Waals surface area contributed by atoms with Crippen LogP contribution in [-0.4, -0.2) is 50.9 Å². The Morgan fingerprint density at radius 3 is 2.64 bits per heavy atom. The lowest BCUT2D eigenvalue weighted by atomic mass is 10.1. The predicted molar refractivity (Wildman–Crippen MR) is 88.5 cm³/mol. The van der Waals surface area contributed by atoms with Gasteiger partial charge in [0.05, 0.1) is 16.3 Å². The number of benzene rings is 1. The maximum Gasteiger partial charge on any atom is 0.255 e. The van der Waals surface area contributed by atoms with E-state index >= 15 is 0 Å². The minimum atomic E-state index is -0.250. The van der Waals surface area contributed by atoms with Gasteiger partial charge in [-0.25, -0.2) is 0 Å². The van der Waals surface area contributed by atoms with E-state index < -0.39 is 0 Å². The zero-order chi connectivity index (χ0) is 16.5. The number of nitrogens with one attached hydrogen (secondary N) is 1. The van der Waals surface area contributed by atoms with Gasteiger partial charge >= 0.3 is 0 Å². The van der Waals surface area contributed by atoms with Gasteiger partial charge in [-0.15, -0.1) is 0 Å². The van der Waals surface area contributed by atoms with Crippen LogP contribution in [0, 0.1) is 0 Å². The van der Waals surface area contributed by atoms with Crippen molar-refractivity contribution in [1.82, 2.24) is 10.2 Å². The molecular weight excluding hydrogens is 306 g/mol. The van der Waals surface area contributed by atoms with Crippen molar-refractivity contribution >= 4 is 23.2 Å². The molecule has 1 aromatic rings. The Morgan fingerprint density at radius 2 is 2.05 bits per heavy atom. The van der Waals surface area contributed by atoms with Crippen molar-refractivity contribution in [3.63, 3.8) is 0 Å². The lowest BCUT2D eigenvalue weighted by Crippen LogP contribution is -2.35. The van der Waals surface area contributed by atoms with E-state index in [-0.39, 0.29) is 12.7 Å². The van der Waals surface area contributed by atoms with Gasteiger partial charge in [0.1, 0.15) is 5.75 Å². The van der Waals surface area contributed by atoms with Crippen LogP contribution in [0.2, 0.25) is 5.02 Å². The van der Waals surface area contributed by atoms with Crippen molar-refractivity contribution in [2.24, 2.45) is 0 Å². The monoisotopic (exact) mass is 329 g/mol. The first-order valence-electron chi connectivity index (χ1n) is 7.24. The fraction of sp³-hybridized carbons (Fsp3) is 0.533. The number of hydrogen-bond donors (Lipinski definition) is 2. The van der Waals surface area contributed by atoms with E-state index in [0.29, 0.717) is 28.6 Å². The summed E-state index contributed by atoms with van der Waals surface area (Å²) in [5.41, 5.74) is 6.44. The second-order valence-electron chi connectivity index (χ2n) is 4.70. The average molecular weight is 330 g/mol. The van der Waals surface area contributed by atoms with Gasteiger partial charge in [-0.3, -0.25) is 4.79 Å². The molecule has 0 aliphatic rings. The first-order chi connectivity index (χ1) is 10.5. The fourth-order valence-corrected chi connectivity index (χ4v) is 2.11. The number of hydrogen-bond acceptors (Lipinski definition) is 5. The molecule has 0 atom stereocenters. The molecule has 0 heterocycles. The number of nitrogens with two attached hydrogens (primary N) is 1. The molecule has 1 amide bonds. The summed E-state index contributed by atoms with van der Waals surface area (Å²) in [4.78, 5) is 14.5. The SMILES string of the molecule is CCN(CC)CCNC(=O)c1cc(Cl)c(N)cc1OCOC. The number of rotatable bonds is 9. The molecule has 124 valence electrons. The maximum absolute atomic E-state index is 12.3. The molecule has 1 aromatic carbocycles. The number of carbonyl (C=O) groups is 1. The quantitative estimate of drug-likeness (QED) is 0.535. The first kappa shape index (κ1) is 18.5. The van der Waals surface area contributed by atoms with Gasteiger partial charge in [0.2, 0.25) is 0 Å². The lowest BCUT2D eigenvalue weighted by molar-refractivity contribution is 0.0501. The number of likely N-dealkylation sites (N-methyl/N-ethyl adjacent to an activating group) is 1. The summed E-state index contributed by atoms with van der Waals surface area (Å²) >= 11 is 5.99. The normalized spacial score (nSPS) is 10.8. The number of anilines is 1. The summed E-state index contributed by atoms with van der Waals surface area (Å²) in [6.45, 7) is 7.43. The van der Waals surface area contributed by atoms with Crippen LogP contribution >= 0.6 is 11.6 Å². The Balaban J connectivity index is 2.76. The van der Waals surface area contributed by atoms with Crippen LogP contribution in [0.3, 0.4) is 0 Å². The summed E-state index contributed by atoms with van der Waals surface area (Å²) in [6.07, 6.45) is 0. The van der Waals surface area contributed by atoms with Crippen molar-refractivity contribution in [1.29, 1.82) is 0 Å². The summed E-state index contributed by atoms with van der Waals surface area (Å²) in [5, 5.41) is 3.18. The second-order valence-corrected chi connectivity index (χ2v) is 5.11. The molecule has 6 nitrogen and oxygen atoms in total. The maximum atomic E-state index is 12.3. The van der Waals surface area contributed by atoms with Gasteiger partial charge in [0.15, 0.2) is 6.79 Å². The first-order valence-corrected chi connectivity index (χ1v) is 7.62. The van der Waals surface area contributed by atoms with Crippen molar-refractivity contribution in [2.45, 2.75) is 13.8 Å². The molecule has 1 rings (SSSR count). The molecule has 22 heavy (non-hydrogen) atoms. The fourth-order valence-electron chi connectivity index (χ4n) is 1.95. The van der Waals surface area contributed by atoms with Crippen LogP contribution in [0.15, 0.2) is 12.1 Å². The zero-order valence-corrected chi connectivity index (χ0v) is 14.1. The molecule has 0 radical (unpaired) electrons. The number of halogens is 1. The number of ether oxygens (including phenoxy) is 2. The van der Waals surface area contributed by atoms with Crippen LogP contribution in [-0.2, 0) is 4.74 Å². The average Bonchev–Trinajstić information content (AvgIpc) is 2.52. The molecule has 0 unspecified atom stereocenters. The van der Waals surface area contributed by atoms with E-state index in [2.05, 4.69) is 24.1 Å². The van der Waals surface area contributed by atoms with Crippen molar-refractivity contribution < 1.29 is 14.3 Å². The van der Waals surface area contributed by atoms with E-state index in [1.807, 2.05) is 0 Å². The van der Waals surface area contributed by atoms with Crippen LogP contribution in [0.1, 0.15) is 24.2 Å². The predicted octanol–water partition coefficient (Wildman–Crippen LogP) is 1.98. The van der Waals surface area contributed by atoms with Gasteiger partial charge in [-0.1, -0.05) is 25.4 Å². The molecule has 3 N–H and O–H groups in total. The number of nitrogen functional groups attached to an aromatic ring is 1. The molecule has 0 saturated carbocycles. The van der Waals surface area contributed by atoms with E-state index in [4.69, 9.17) is 26.8 Å². The third-order valence-corrected chi connectivity index (χ3v) is 3.61. The Kier molecular flexibility index (Phi) is 8.01. The zero-order valence-electron chi connectivity index (χ0n) is 13.3. The number of carbonyl (C=O) groups excluding carboxylic acids is 1. The summed E-state index contributed by atoms with van der Waals surface area (Å²) in [6, 6.07) is 3.04. The third kappa shape index (κ3) is 5.36. The molecule has 0 aliphatic heterocycles. The molecule has 0 spiro atoms. The standard InChI is InChI=1S/C15H24ClN3O3/c1-4-19(5-2)7-6-18-15(20)11-8-12(16)13(17)9-14(11)22-10-21-3/h8-9H,4-7,10,17H2,1-3H3,(H,18,20). The smallest absolute Gasteiger partial charge is 0.255 e. The van der Waals surface area contributed by atoms with Gasteiger partial charge in [0, 0.05) is 26.3 Å². The van der Waals surface area contributed by atoms with E-state index in [1.165, 1.54) is 19.2 Å². The topological polar surface area (TPSA) is 76.8 Å². The van der Waals surface area contributed by atoms with E-state index in [9.17, 15) is 4.79 Å². The van der Waals surface area contributed by atoms with Gasteiger partial charge < -0.3 is 25.4 Å². The van der Waals surface area contributed by atoms with Gasteiger partial charge in [-0.2, -0.15) is 0 Å². The molecule has 0 saturated heterocycles. The van der Waals surface area contributed by atoms with Crippen LogP contribution < -0.4 is 15.8 Å². The van der Waals surface area contributed by atoms with Crippen molar-refractivity contribution in [3.8, 4) is 5.75 Å². The second kappa shape index (κ2) is 9.50. The van der Waals surface area contributed by atoms with Gasteiger partial charge in [-0.05, 0) is 19.2 Å². The molecular formula is C15H24ClN3O3.